The van der Waals surface area contributed by atoms with E-state index in [0.717, 1.165) is 34.6 Å². The minimum atomic E-state index is -5.77. The van der Waals surface area contributed by atoms with Crippen LogP contribution in [-0.4, -0.2) is 68.8 Å². The summed E-state index contributed by atoms with van der Waals surface area (Å²) in [4.78, 5) is 63.4. The third-order valence-electron chi connectivity index (χ3n) is 8.14. The molecule has 6 bridgehead atoms. The number of rotatable bonds is 5. The van der Waals surface area contributed by atoms with E-state index >= 15 is 0 Å². The SMILES string of the molecule is O=C(C(=O)C(F)(F)F)C(F)(F)F.[C-]#[N+]c1ccc(NC(=O)N2CC[C@@H](CC(=O)Nc3ccc4cc3CCc3cncc(c3)Nc3ncc(Cl)c(n3)N4)C2)cc1. The maximum atomic E-state index is 13.2. The van der Waals surface area contributed by atoms with E-state index in [1.54, 1.807) is 35.4 Å². The van der Waals surface area contributed by atoms with Crippen molar-refractivity contribution in [3.05, 3.63) is 94.7 Å². The molecule has 20 heteroatoms. The van der Waals surface area contributed by atoms with E-state index in [2.05, 4.69) is 41.1 Å². The molecule has 0 saturated carbocycles. The number of benzene rings is 2. The van der Waals surface area contributed by atoms with Gasteiger partial charge in [0.2, 0.25) is 11.9 Å². The van der Waals surface area contributed by atoms with Gasteiger partial charge in [-0.25, -0.2) is 14.6 Å². The van der Waals surface area contributed by atoms with E-state index < -0.39 is 23.9 Å². The highest BCUT2D eigenvalue weighted by atomic mass is 35.5. The number of nitrogens with one attached hydrogen (secondary N) is 4. The fourth-order valence-corrected chi connectivity index (χ4v) is 5.62. The average molecular weight is 788 g/mol. The number of amides is 3. The molecule has 6 rings (SSSR count). The second kappa shape index (κ2) is 16.8. The molecule has 55 heavy (non-hydrogen) atoms. The zero-order valence-electron chi connectivity index (χ0n) is 28.2. The number of halogens is 7. The number of urea groups is 1. The molecule has 1 saturated heterocycles. The van der Waals surface area contributed by atoms with Gasteiger partial charge in [-0.3, -0.25) is 19.4 Å². The second-order valence-corrected chi connectivity index (χ2v) is 12.6. The molecule has 4 N–H and O–H groups in total. The highest BCUT2D eigenvalue weighted by Crippen LogP contribution is 2.30. The van der Waals surface area contributed by atoms with E-state index in [-0.39, 0.29) is 17.9 Å². The monoisotopic (exact) mass is 787 g/mol. The van der Waals surface area contributed by atoms with Crippen molar-refractivity contribution in [3.8, 4) is 0 Å². The summed E-state index contributed by atoms with van der Waals surface area (Å²) >= 11 is 6.37. The first-order valence-electron chi connectivity index (χ1n) is 16.2. The number of Topliss-reactive ketones (excluding diaryl/α,β-unsaturated/α-hetero) is 2. The molecule has 4 aromatic rings. The predicted molar refractivity (Wildman–Crippen MR) is 188 cm³/mol. The Balaban J connectivity index is 0.000000418. The number of carbonyl (C=O) groups excluding carboxylic acids is 4. The first kappa shape index (κ1) is 39.9. The lowest BCUT2D eigenvalue weighted by Crippen LogP contribution is -2.39. The van der Waals surface area contributed by atoms with Crippen LogP contribution in [-0.2, 0) is 27.2 Å². The molecule has 0 radical (unpaired) electrons. The first-order valence-corrected chi connectivity index (χ1v) is 16.6. The predicted octanol–water partition coefficient (Wildman–Crippen LogP) is 7.79. The molecular formula is C35H28ClF6N9O4. The van der Waals surface area contributed by atoms with E-state index in [1.807, 2.05) is 30.5 Å². The number of carbonyl (C=O) groups is 4. The van der Waals surface area contributed by atoms with Crippen LogP contribution in [0, 0.1) is 12.5 Å². The van der Waals surface area contributed by atoms with Crippen molar-refractivity contribution in [2.45, 2.75) is 38.0 Å². The highest BCUT2D eigenvalue weighted by molar-refractivity contribution is 6.41. The summed E-state index contributed by atoms with van der Waals surface area (Å²) < 4.78 is 67.0. The van der Waals surface area contributed by atoms with Gasteiger partial charge in [0, 0.05) is 42.8 Å². The third-order valence-corrected chi connectivity index (χ3v) is 8.41. The van der Waals surface area contributed by atoms with Gasteiger partial charge < -0.3 is 26.2 Å². The lowest BCUT2D eigenvalue weighted by atomic mass is 10.0. The van der Waals surface area contributed by atoms with Crippen molar-refractivity contribution < 1.29 is 45.5 Å². The van der Waals surface area contributed by atoms with Gasteiger partial charge in [0.05, 0.1) is 24.7 Å². The van der Waals surface area contributed by atoms with Gasteiger partial charge in [-0.05, 0) is 72.7 Å². The molecule has 13 nitrogen and oxygen atoms in total. The van der Waals surface area contributed by atoms with E-state index in [9.17, 15) is 45.5 Å². The van der Waals surface area contributed by atoms with Crippen LogP contribution in [0.15, 0.2) is 67.1 Å². The van der Waals surface area contributed by atoms with Gasteiger partial charge in [-0.1, -0.05) is 23.7 Å². The van der Waals surface area contributed by atoms with Gasteiger partial charge in [-0.15, -0.1) is 0 Å². The van der Waals surface area contributed by atoms with Crippen LogP contribution in [0.5, 0.6) is 0 Å². The number of aromatic nitrogens is 3. The molecule has 4 heterocycles. The lowest BCUT2D eigenvalue weighted by molar-refractivity contribution is -0.193. The minimum Gasteiger partial charge on any atom is -0.339 e. The van der Waals surface area contributed by atoms with E-state index in [1.165, 1.54) is 6.20 Å². The Morgan fingerprint density at radius 3 is 2.27 bits per heavy atom. The van der Waals surface area contributed by atoms with Gasteiger partial charge in [0.15, 0.2) is 11.5 Å². The first-order chi connectivity index (χ1) is 26.0. The fraction of sp³-hybridized carbons (Fsp3) is 0.257. The largest absolute Gasteiger partial charge is 0.458 e. The molecule has 0 aliphatic carbocycles. The number of likely N-dealkylation sites (tertiary alicyclic amines) is 1. The second-order valence-electron chi connectivity index (χ2n) is 12.2. The molecule has 3 amide bonds. The smallest absolute Gasteiger partial charge is 0.339 e. The van der Waals surface area contributed by atoms with Crippen molar-refractivity contribution in [2.75, 3.05) is 34.4 Å². The molecule has 2 aromatic carbocycles. The van der Waals surface area contributed by atoms with Crippen molar-refractivity contribution in [3.63, 3.8) is 0 Å². The van der Waals surface area contributed by atoms with Crippen molar-refractivity contribution in [2.24, 2.45) is 5.92 Å². The zero-order chi connectivity index (χ0) is 39.9. The van der Waals surface area contributed by atoms with Crippen molar-refractivity contribution in [1.82, 2.24) is 19.9 Å². The van der Waals surface area contributed by atoms with Gasteiger partial charge >= 0.3 is 30.0 Å². The Labute approximate surface area is 313 Å². The van der Waals surface area contributed by atoms with Crippen LogP contribution < -0.4 is 21.3 Å². The number of hydrogen-bond donors (Lipinski definition) is 4. The number of anilines is 6. The lowest BCUT2D eigenvalue weighted by Gasteiger charge is -2.18. The molecular weight excluding hydrogens is 760 g/mol. The van der Waals surface area contributed by atoms with Crippen molar-refractivity contribution >= 4 is 75.3 Å². The molecule has 0 spiro atoms. The minimum absolute atomic E-state index is 0.0525. The summed E-state index contributed by atoms with van der Waals surface area (Å²) in [6.07, 6.45) is -4.05. The maximum absolute atomic E-state index is 13.2. The maximum Gasteiger partial charge on any atom is 0.458 e. The number of ketones is 2. The number of alkyl halides is 6. The van der Waals surface area contributed by atoms with E-state index in [0.29, 0.717) is 60.5 Å². The average Bonchev–Trinajstić information content (AvgIpc) is 3.60. The molecule has 2 aliphatic rings. The Bertz CT molecular complexity index is 2120. The van der Waals surface area contributed by atoms with Gasteiger partial charge in [0.1, 0.15) is 5.02 Å². The molecule has 1 atom stereocenters. The number of fused-ring (bicyclic) bond motifs is 6. The fourth-order valence-electron chi connectivity index (χ4n) is 5.48. The Kier molecular flexibility index (Phi) is 12.2. The van der Waals surface area contributed by atoms with Crippen molar-refractivity contribution in [1.29, 1.82) is 0 Å². The number of aryl methyl sites for hydroxylation is 2. The van der Waals surface area contributed by atoms with Gasteiger partial charge in [-0.2, -0.15) is 31.3 Å². The zero-order valence-corrected chi connectivity index (χ0v) is 28.9. The van der Waals surface area contributed by atoms with Crippen LogP contribution in [0.2, 0.25) is 5.02 Å². The quantitative estimate of drug-likeness (QED) is 0.0899. The van der Waals surface area contributed by atoms with Crippen LogP contribution in [0.4, 0.5) is 71.3 Å². The van der Waals surface area contributed by atoms with Crippen LogP contribution in [0.3, 0.4) is 0 Å². The van der Waals surface area contributed by atoms with Crippen LogP contribution >= 0.6 is 11.6 Å². The number of hydrogen-bond acceptors (Lipinski definition) is 9. The third kappa shape index (κ3) is 10.9. The molecule has 2 aromatic heterocycles. The van der Waals surface area contributed by atoms with Crippen LogP contribution in [0.1, 0.15) is 24.0 Å². The molecule has 286 valence electrons. The summed E-state index contributed by atoms with van der Waals surface area (Å²) in [5.74, 6) is -6.01. The Morgan fingerprint density at radius 1 is 0.891 bits per heavy atom. The summed E-state index contributed by atoms with van der Waals surface area (Å²) in [6, 6.07) is 14.3. The standard InChI is InChI=1S/C31H28ClN9O2.C4F6O2/c1-33-22-4-6-23(7-5-22)38-31(43)41-11-10-20(18-41)13-28(42)39-27-9-8-24-14-21(27)3-2-19-12-25(16-34-15-19)37-30-35-17-26(32)29(36-24)40-30;5-3(6,7)1(11)2(12)4(8,9)10/h4-9,12,14-17,20H,2-3,10-11,13,18H2,(H,38,43)(H,39,42)(H2,35,36,37,40);/t20-;/m0./s1. The summed E-state index contributed by atoms with van der Waals surface area (Å²) in [7, 11) is 0. The topological polar surface area (TPSA) is 163 Å². The molecule has 1 fully saturated rings. The normalized spacial score (nSPS) is 14.9. The Hall–Kier alpha value is -6.29. The number of pyridine rings is 1. The highest BCUT2D eigenvalue weighted by Gasteiger charge is 2.54. The molecule has 0 unspecified atom stereocenters. The Morgan fingerprint density at radius 2 is 1.60 bits per heavy atom. The summed E-state index contributed by atoms with van der Waals surface area (Å²) in [6.45, 7) is 8.12. The molecule has 2 aliphatic heterocycles. The summed E-state index contributed by atoms with van der Waals surface area (Å²) in [5, 5.41) is 12.8. The van der Waals surface area contributed by atoms with E-state index in [4.69, 9.17) is 18.2 Å². The van der Waals surface area contributed by atoms with Gasteiger partial charge in [0.25, 0.3) is 0 Å². The number of nitrogens with zero attached hydrogens (tertiary/aromatic N) is 5. The van der Waals surface area contributed by atoms with Crippen LogP contribution in [0.25, 0.3) is 4.85 Å². The summed E-state index contributed by atoms with van der Waals surface area (Å²) in [5.41, 5.74) is 5.41.